The van der Waals surface area contributed by atoms with Crippen molar-refractivity contribution in [1.29, 1.82) is 0 Å². The Kier molecular flexibility index (Phi) is 4.03. The van der Waals surface area contributed by atoms with Gasteiger partial charge in [0.25, 0.3) is 0 Å². The van der Waals surface area contributed by atoms with Gasteiger partial charge in [0, 0.05) is 10.0 Å². The second kappa shape index (κ2) is 5.07. The molecule has 0 bridgehead atoms. The van der Waals surface area contributed by atoms with Crippen LogP contribution in [0.4, 0.5) is 0 Å². The third kappa shape index (κ3) is 2.65. The molecule has 0 saturated carbocycles. The number of hydrogen-bond donors (Lipinski definition) is 0. The van der Waals surface area contributed by atoms with E-state index in [1.165, 1.54) is 14.0 Å². The van der Waals surface area contributed by atoms with Gasteiger partial charge >= 0.3 is 5.97 Å². The van der Waals surface area contributed by atoms with E-state index in [4.69, 9.17) is 0 Å². The Balaban J connectivity index is 2.95. The van der Waals surface area contributed by atoms with Crippen molar-refractivity contribution in [2.24, 2.45) is 5.92 Å². The number of rotatable bonds is 3. The van der Waals surface area contributed by atoms with Gasteiger partial charge in [0.05, 0.1) is 7.11 Å². The summed E-state index contributed by atoms with van der Waals surface area (Å²) in [5, 5.41) is 0. The number of halogens is 1. The largest absolute Gasteiger partial charge is 0.468 e. The van der Waals surface area contributed by atoms with Crippen LogP contribution in [0.1, 0.15) is 17.3 Å². The maximum atomic E-state index is 11.8. The number of esters is 1. The molecule has 1 rings (SSSR count). The summed E-state index contributed by atoms with van der Waals surface area (Å²) in [7, 11) is 1.27. The molecule has 0 heterocycles. The van der Waals surface area contributed by atoms with Crippen molar-refractivity contribution in [2.45, 2.75) is 6.92 Å². The molecule has 0 fully saturated rings. The van der Waals surface area contributed by atoms with Gasteiger partial charge in [-0.3, -0.25) is 9.59 Å². The van der Waals surface area contributed by atoms with Gasteiger partial charge in [0.2, 0.25) is 0 Å². The normalized spacial score (nSPS) is 11.9. The number of benzene rings is 1. The standard InChI is InChI=1S/C11H11BrO3/c1-7(11(14)15-2)10(13)8-5-3-4-6-9(8)12/h3-7H,1-2H3. The van der Waals surface area contributed by atoms with Crippen LogP contribution < -0.4 is 0 Å². The summed E-state index contributed by atoms with van der Waals surface area (Å²) in [5.74, 6) is -1.53. The van der Waals surface area contributed by atoms with Crippen LogP contribution in [0.15, 0.2) is 28.7 Å². The SMILES string of the molecule is COC(=O)C(C)C(=O)c1ccccc1Br. The topological polar surface area (TPSA) is 43.4 Å². The number of ketones is 1. The fourth-order valence-corrected chi connectivity index (χ4v) is 1.66. The molecule has 0 spiro atoms. The first-order valence-corrected chi connectivity index (χ1v) is 5.23. The van der Waals surface area contributed by atoms with E-state index < -0.39 is 11.9 Å². The van der Waals surface area contributed by atoms with Crippen molar-refractivity contribution < 1.29 is 14.3 Å². The van der Waals surface area contributed by atoms with Crippen molar-refractivity contribution in [1.82, 2.24) is 0 Å². The third-order valence-corrected chi connectivity index (χ3v) is 2.78. The van der Waals surface area contributed by atoms with Gasteiger partial charge < -0.3 is 4.74 Å². The number of Topliss-reactive ketones (excluding diaryl/α,β-unsaturated/α-hetero) is 1. The van der Waals surface area contributed by atoms with Crippen LogP contribution in [0.2, 0.25) is 0 Å². The Morgan fingerprint density at radius 1 is 1.33 bits per heavy atom. The van der Waals surface area contributed by atoms with Crippen LogP contribution in [-0.2, 0) is 9.53 Å². The molecule has 0 amide bonds. The fraction of sp³-hybridized carbons (Fsp3) is 0.273. The second-order valence-electron chi connectivity index (χ2n) is 3.09. The predicted molar refractivity (Wildman–Crippen MR) is 59.7 cm³/mol. The predicted octanol–water partition coefficient (Wildman–Crippen LogP) is 2.44. The zero-order valence-electron chi connectivity index (χ0n) is 8.49. The minimum atomic E-state index is -0.770. The fourth-order valence-electron chi connectivity index (χ4n) is 1.18. The van der Waals surface area contributed by atoms with Gasteiger partial charge in [-0.15, -0.1) is 0 Å². The van der Waals surface area contributed by atoms with Gasteiger partial charge in [-0.1, -0.05) is 34.1 Å². The van der Waals surface area contributed by atoms with Crippen molar-refractivity contribution in [2.75, 3.05) is 7.11 Å². The highest BCUT2D eigenvalue weighted by Gasteiger charge is 2.24. The summed E-state index contributed by atoms with van der Waals surface area (Å²) in [6.45, 7) is 1.54. The first-order chi connectivity index (χ1) is 7.07. The lowest BCUT2D eigenvalue weighted by Gasteiger charge is -2.09. The average molecular weight is 271 g/mol. The Bertz CT molecular complexity index is 387. The molecular weight excluding hydrogens is 260 g/mol. The maximum Gasteiger partial charge on any atom is 0.316 e. The van der Waals surface area contributed by atoms with Crippen molar-refractivity contribution in [3.63, 3.8) is 0 Å². The van der Waals surface area contributed by atoms with E-state index in [0.717, 1.165) is 0 Å². The second-order valence-corrected chi connectivity index (χ2v) is 3.94. The Labute approximate surface area is 96.6 Å². The number of hydrogen-bond acceptors (Lipinski definition) is 3. The highest BCUT2D eigenvalue weighted by atomic mass is 79.9. The van der Waals surface area contributed by atoms with E-state index in [1.807, 2.05) is 6.07 Å². The lowest BCUT2D eigenvalue weighted by molar-refractivity contribution is -0.143. The minimum absolute atomic E-state index is 0.241. The molecule has 0 aromatic heterocycles. The van der Waals surface area contributed by atoms with E-state index >= 15 is 0 Å². The zero-order chi connectivity index (χ0) is 11.4. The van der Waals surface area contributed by atoms with Crippen molar-refractivity contribution in [3.05, 3.63) is 34.3 Å². The summed E-state index contributed by atoms with van der Waals surface area (Å²) < 4.78 is 5.21. The first-order valence-electron chi connectivity index (χ1n) is 4.44. The molecule has 1 unspecified atom stereocenters. The molecule has 1 atom stereocenters. The molecule has 0 aliphatic heterocycles. The molecule has 0 N–H and O–H groups in total. The summed E-state index contributed by atoms with van der Waals surface area (Å²) in [6, 6.07) is 6.99. The summed E-state index contributed by atoms with van der Waals surface area (Å²) in [5.41, 5.74) is 0.496. The molecule has 0 saturated heterocycles. The van der Waals surface area contributed by atoms with Gasteiger partial charge in [0.1, 0.15) is 5.92 Å². The molecule has 80 valence electrons. The molecule has 1 aromatic carbocycles. The molecule has 4 heteroatoms. The van der Waals surface area contributed by atoms with Crippen molar-refractivity contribution in [3.8, 4) is 0 Å². The number of ether oxygens (including phenoxy) is 1. The maximum absolute atomic E-state index is 11.8. The Hall–Kier alpha value is -1.16. The van der Waals surface area contributed by atoms with Crippen molar-refractivity contribution >= 4 is 27.7 Å². The Morgan fingerprint density at radius 3 is 2.47 bits per heavy atom. The number of carbonyl (C=O) groups is 2. The number of methoxy groups -OCH3 is 1. The van der Waals surface area contributed by atoms with E-state index in [9.17, 15) is 9.59 Å². The van der Waals surface area contributed by atoms with Gasteiger partial charge in [-0.25, -0.2) is 0 Å². The van der Waals surface area contributed by atoms with Crippen LogP contribution >= 0.6 is 15.9 Å². The van der Waals surface area contributed by atoms with Gasteiger partial charge in [0.15, 0.2) is 5.78 Å². The van der Waals surface area contributed by atoms with Crippen LogP contribution in [0.3, 0.4) is 0 Å². The molecule has 1 aromatic rings. The summed E-state index contributed by atoms with van der Waals surface area (Å²) in [4.78, 5) is 23.0. The lowest BCUT2D eigenvalue weighted by atomic mass is 10.00. The molecule has 3 nitrogen and oxygen atoms in total. The van der Waals surface area contributed by atoms with E-state index in [0.29, 0.717) is 10.0 Å². The van der Waals surface area contributed by atoms with Gasteiger partial charge in [-0.05, 0) is 13.0 Å². The van der Waals surface area contributed by atoms with Crippen LogP contribution in [-0.4, -0.2) is 18.9 Å². The monoisotopic (exact) mass is 270 g/mol. The molecule has 15 heavy (non-hydrogen) atoms. The van der Waals surface area contributed by atoms with Crippen LogP contribution in [0.25, 0.3) is 0 Å². The smallest absolute Gasteiger partial charge is 0.316 e. The number of carbonyl (C=O) groups excluding carboxylic acids is 2. The average Bonchev–Trinajstić information content (AvgIpc) is 2.26. The molecule has 0 aliphatic rings. The Morgan fingerprint density at radius 2 is 1.93 bits per heavy atom. The molecule has 0 radical (unpaired) electrons. The molecule has 0 aliphatic carbocycles. The van der Waals surface area contributed by atoms with E-state index in [-0.39, 0.29) is 5.78 Å². The van der Waals surface area contributed by atoms with Gasteiger partial charge in [-0.2, -0.15) is 0 Å². The lowest BCUT2D eigenvalue weighted by Crippen LogP contribution is -2.22. The van der Waals surface area contributed by atoms with E-state index in [1.54, 1.807) is 18.2 Å². The summed E-state index contributed by atoms with van der Waals surface area (Å²) in [6.07, 6.45) is 0. The third-order valence-electron chi connectivity index (χ3n) is 2.09. The van der Waals surface area contributed by atoms with Crippen LogP contribution in [0.5, 0.6) is 0 Å². The molecular formula is C11H11BrO3. The first kappa shape index (κ1) is 11.9. The highest BCUT2D eigenvalue weighted by molar-refractivity contribution is 9.10. The van der Waals surface area contributed by atoms with E-state index in [2.05, 4.69) is 20.7 Å². The van der Waals surface area contributed by atoms with Crippen LogP contribution in [0, 0.1) is 5.92 Å². The zero-order valence-corrected chi connectivity index (χ0v) is 10.1. The highest BCUT2D eigenvalue weighted by Crippen LogP contribution is 2.19. The summed E-state index contributed by atoms with van der Waals surface area (Å²) >= 11 is 3.26. The quantitative estimate of drug-likeness (QED) is 0.482. The minimum Gasteiger partial charge on any atom is -0.468 e.